The molecule has 1 amide bonds. The highest BCUT2D eigenvalue weighted by Gasteiger charge is 2.57. The van der Waals surface area contributed by atoms with Gasteiger partial charge in [0.15, 0.2) is 39.5 Å². The summed E-state index contributed by atoms with van der Waals surface area (Å²) in [5.74, 6) is 3.54. The van der Waals surface area contributed by atoms with Crippen LogP contribution in [0, 0.1) is 0 Å². The van der Waals surface area contributed by atoms with Gasteiger partial charge in [-0.25, -0.2) is 25.0 Å². The Morgan fingerprint density at radius 1 is 0.492 bits per heavy atom. The molecule has 5 fully saturated rings. The summed E-state index contributed by atoms with van der Waals surface area (Å²) in [7, 11) is -1.97. The summed E-state index contributed by atoms with van der Waals surface area (Å²) in [6.07, 6.45) is 27.1. The molecular formula is C84H148N15O17P5Si. The third kappa shape index (κ3) is 28.5. The summed E-state index contributed by atoms with van der Waals surface area (Å²) >= 11 is 0. The van der Waals surface area contributed by atoms with Crippen molar-refractivity contribution < 1.29 is 84.0 Å². The molecule has 10 heterocycles. The van der Waals surface area contributed by atoms with E-state index in [2.05, 4.69) is 195 Å². The molecule has 0 aromatic heterocycles. The number of hydrogen-bond donors (Lipinski definition) is 15. The number of nitrogens with two attached hydrogens (primary N) is 4. The molecule has 0 aromatic rings. The largest absolute Gasteiger partial charge is 0.412 e. The Labute approximate surface area is 726 Å². The number of amides is 1. The fourth-order valence-corrected chi connectivity index (χ4v) is 19.6. The van der Waals surface area contributed by atoms with E-state index in [0.717, 1.165) is 42.0 Å². The first kappa shape index (κ1) is 105. The van der Waals surface area contributed by atoms with Crippen molar-refractivity contribution in [3.8, 4) is 0 Å². The van der Waals surface area contributed by atoms with Gasteiger partial charge in [0, 0.05) is 54.6 Å². The number of nitrogens with one attached hydrogen (secondary N) is 1. The molecule has 32 nitrogen and oxygen atoms in total. The monoisotopic (exact) mass is 1820 g/mol. The topological polar surface area (TPSA) is 469 Å². The number of ether oxygens (including phenoxy) is 5. The van der Waals surface area contributed by atoms with Crippen molar-refractivity contribution in [2.24, 2.45) is 47.9 Å². The van der Waals surface area contributed by atoms with Crippen LogP contribution in [0.3, 0.4) is 0 Å². The number of rotatable bonds is 24. The second-order valence-corrected chi connectivity index (χ2v) is 64.7. The SMILES string of the molecule is C=C1N=C(N)C(C)=CN1C1O[C@H](CCP(=C)(C)C)[C@@H](O)[C@H]1O.C=C1N=C(N)C(CO[Si](C)(C)C(C)(C)C)=CN1C1O[C@H](CCP(=C)(C)C)[C@@H](O)[C@H]1O.C=C1N=C(N)C=CN1C1O[C@H](CCP(=C)(C)C)[C@@H](O)[C@@]1(C)O.C=C1N=C(N)C=CN1C1O[C@H](CCP(=C)(C)C)[C@@H](O)[C@]1(C)O.C=C1N=C(NC(C)=O)C(CC)=CN1C1O[C@H](CCP(=C)(C)C)[C@@H](O)[C@H]1O. The fourth-order valence-electron chi connectivity index (χ4n) is 13.9. The molecule has 19 N–H and O–H groups in total. The number of hydrogen-bond acceptors (Lipinski definition) is 31. The molecule has 0 radical (unpaired) electrons. The molecule has 20 atom stereocenters. The number of amidine groups is 5. The molecule has 0 aromatic carbocycles. The van der Waals surface area contributed by atoms with E-state index in [0.29, 0.717) is 109 Å². The minimum Gasteiger partial charge on any atom is -0.412 e. The number of aliphatic hydroxyl groups is 10. The van der Waals surface area contributed by atoms with E-state index in [-0.39, 0.29) is 10.9 Å². The predicted octanol–water partition coefficient (Wildman–Crippen LogP) is 5.47. The maximum Gasteiger partial charge on any atom is 0.222 e. The molecule has 0 bridgehead atoms. The summed E-state index contributed by atoms with van der Waals surface area (Å²) in [4.78, 5) is 40.4. The number of aliphatic imine (C=N–C) groups is 5. The lowest BCUT2D eigenvalue weighted by Gasteiger charge is -2.37. The highest BCUT2D eigenvalue weighted by molar-refractivity contribution is 7.73. The molecule has 0 aliphatic carbocycles. The molecule has 5 saturated heterocycles. The van der Waals surface area contributed by atoms with E-state index in [9.17, 15) is 55.9 Å². The van der Waals surface area contributed by atoms with Gasteiger partial charge in [0.1, 0.15) is 118 Å². The number of nitrogens with zero attached hydrogens (tertiary/aromatic N) is 10. The maximum absolute atomic E-state index is 11.3. The van der Waals surface area contributed by atoms with Crippen molar-refractivity contribution >= 4 is 109 Å². The van der Waals surface area contributed by atoms with Crippen molar-refractivity contribution in [3.05, 3.63) is 122 Å². The van der Waals surface area contributed by atoms with Crippen molar-refractivity contribution in [2.75, 3.05) is 104 Å². The van der Waals surface area contributed by atoms with Crippen LogP contribution in [0.1, 0.15) is 93.9 Å². The van der Waals surface area contributed by atoms with Crippen molar-refractivity contribution in [2.45, 2.75) is 234 Å². The molecule has 0 saturated carbocycles. The molecule has 5 unspecified atom stereocenters. The van der Waals surface area contributed by atoms with Gasteiger partial charge in [-0.15, -0.1) is 65.9 Å². The minimum atomic E-state index is -1.97. The zero-order valence-electron chi connectivity index (χ0n) is 75.8. The van der Waals surface area contributed by atoms with E-state index in [1.54, 1.807) is 81.5 Å². The third-order valence-electron chi connectivity index (χ3n) is 22.5. The zero-order chi connectivity index (χ0) is 92.8. The average Bonchev–Trinajstić information content (AvgIpc) is 1.62. The summed E-state index contributed by atoms with van der Waals surface area (Å²) in [6, 6.07) is 0. The Kier molecular flexibility index (Phi) is 36.0. The lowest BCUT2D eigenvalue weighted by molar-refractivity contribution is -0.117. The second-order valence-electron chi connectivity index (χ2n) is 38.3. The van der Waals surface area contributed by atoms with Gasteiger partial charge in [0.05, 0.1) is 37.1 Å². The Morgan fingerprint density at radius 2 is 0.795 bits per heavy atom. The quantitative estimate of drug-likeness (QED) is 0.0421. The predicted molar refractivity (Wildman–Crippen MR) is 514 cm³/mol. The first-order chi connectivity index (χ1) is 55.7. The first-order valence-electron chi connectivity index (χ1n) is 40.9. The molecule has 10 rings (SSSR count). The van der Waals surface area contributed by atoms with Gasteiger partial charge in [0.25, 0.3) is 0 Å². The Morgan fingerprint density at radius 3 is 1.11 bits per heavy atom. The van der Waals surface area contributed by atoms with Crippen molar-refractivity contribution in [1.82, 2.24) is 29.8 Å². The number of carbonyl (C=O) groups is 1. The second kappa shape index (κ2) is 41.7. The van der Waals surface area contributed by atoms with E-state index in [4.69, 9.17) is 51.0 Å². The number of aliphatic hydroxyl groups excluding tert-OH is 8. The lowest BCUT2D eigenvalue weighted by Crippen LogP contribution is -2.51. The molecule has 690 valence electrons. The normalized spacial score (nSPS) is 32.2. The Balaban J connectivity index is 0.000000237. The van der Waals surface area contributed by atoms with E-state index < -0.39 is 164 Å². The Bertz CT molecular complexity index is 4310. The Hall–Kier alpha value is -5.50. The third-order valence-corrected chi connectivity index (χ3v) is 34.4. The van der Waals surface area contributed by atoms with Crippen LogP contribution in [0.25, 0.3) is 0 Å². The highest BCUT2D eigenvalue weighted by Crippen LogP contribution is 2.47. The van der Waals surface area contributed by atoms with Crippen LogP contribution in [-0.4, -0.2) is 376 Å². The van der Waals surface area contributed by atoms with E-state index in [1.165, 1.54) is 6.92 Å². The van der Waals surface area contributed by atoms with Crippen molar-refractivity contribution in [3.63, 3.8) is 0 Å². The zero-order valence-corrected chi connectivity index (χ0v) is 81.3. The van der Waals surface area contributed by atoms with Gasteiger partial charge in [-0.05, 0) is 187 Å². The van der Waals surface area contributed by atoms with Crippen LogP contribution >= 0.6 is 34.4 Å². The van der Waals surface area contributed by atoms with Gasteiger partial charge in [0.2, 0.25) is 5.91 Å². The van der Waals surface area contributed by atoms with Gasteiger partial charge in [-0.2, -0.15) is 0 Å². The van der Waals surface area contributed by atoms with Gasteiger partial charge >= 0.3 is 0 Å². The summed E-state index contributed by atoms with van der Waals surface area (Å²) < 4.78 is 36.0. The van der Waals surface area contributed by atoms with Gasteiger partial charge in [-0.3, -0.25) is 4.79 Å². The molecule has 38 heteroatoms. The average molecular weight is 1820 g/mol. The van der Waals surface area contributed by atoms with Crippen LogP contribution in [0.15, 0.2) is 147 Å². The van der Waals surface area contributed by atoms with Gasteiger partial charge in [-0.1, -0.05) is 60.6 Å². The van der Waals surface area contributed by atoms with Crippen LogP contribution in [0.5, 0.6) is 0 Å². The summed E-state index contributed by atoms with van der Waals surface area (Å²) in [6.45, 7) is 54.1. The number of carbonyl (C=O) groups excluding carboxylic acids is 1. The van der Waals surface area contributed by atoms with Gasteiger partial charge < -0.3 is 132 Å². The molecule has 10 aliphatic heterocycles. The maximum atomic E-state index is 11.3. The lowest BCUT2D eigenvalue weighted by atomic mass is 9.95. The first-order valence-corrected chi connectivity index (χ1v) is 59.1. The summed E-state index contributed by atoms with van der Waals surface area (Å²) in [5, 5.41) is 108. The highest BCUT2D eigenvalue weighted by atomic mass is 31.2. The van der Waals surface area contributed by atoms with Crippen LogP contribution in [0.2, 0.25) is 18.1 Å². The molecule has 10 aliphatic rings. The van der Waals surface area contributed by atoms with Crippen LogP contribution in [0.4, 0.5) is 0 Å². The van der Waals surface area contributed by atoms with Crippen molar-refractivity contribution in [1.29, 1.82) is 0 Å². The molecular weight excluding hydrogens is 1670 g/mol. The summed E-state index contributed by atoms with van der Waals surface area (Å²) in [5.41, 5.74) is 22.6. The molecule has 0 spiro atoms. The fraction of sp³-hybridized carbons (Fsp3) is 0.631. The van der Waals surface area contributed by atoms with E-state index in [1.807, 2.05) is 13.8 Å². The minimum absolute atomic E-state index is 0.0735. The van der Waals surface area contributed by atoms with Crippen LogP contribution in [-0.2, 0) is 32.9 Å². The standard InChI is InChI=1S/C21H40N3O4PSi.C18H30N3O4P.3C15H26N3O3P/c1-14-23-19(22)15(13-27-30(8,9)21(2,3)4)12-24(14)20-18(26)17(25)16(28-20)10-11-29(5,6)7;1-7-13-10-21(11(2)19-17(13)20-12(3)22)18-16(24)15(23)14(25-18)8-9-26(4,5)6;2*1-10-17-12(16)6-8-18(10)14-15(2,20)13(19)11(21-14)7-9-22(3,4)5;1-9-8-18(10(2)17-14(9)16)15-13(20)12(19)11(21-15)6-7-22(3,4)5/h12,16-18,20,25-26H,1,5,10-11,13H2,2-4,6-9H3,(H2,22,23);10,14-16,18,23-24H,2,4,7-9H2,1,3,5-6H3,(H,19,20,22);2*6,8,11,13-14,19-20H,1,3,7,9H2,2,4-5H3,(H2,16,17);8,11-13,15,19-20H,2-3,6-7H2,1,4-5H3,(H2,16,17)/t16-,17-,18-,20?;14-,15-,16-,18?;11-,13-,14?,15+;11-,13-,14?,15-;11-,12-,13-,15?/m11111/s1. The van der Waals surface area contributed by atoms with Crippen LogP contribution < -0.4 is 28.3 Å². The molecule has 122 heavy (non-hydrogen) atoms. The van der Waals surface area contributed by atoms with E-state index >= 15 is 0 Å². The smallest absolute Gasteiger partial charge is 0.222 e.